The van der Waals surface area contributed by atoms with Crippen LogP contribution in [0, 0.1) is 5.92 Å². The van der Waals surface area contributed by atoms with Crippen LogP contribution in [0.15, 0.2) is 0 Å². The second-order valence-electron chi connectivity index (χ2n) is 3.68. The van der Waals surface area contributed by atoms with E-state index in [1.807, 2.05) is 4.90 Å². The molecule has 3 nitrogen and oxygen atoms in total. The molecule has 0 spiro atoms. The monoisotopic (exact) mass is 207 g/mol. The highest BCUT2D eigenvalue weighted by molar-refractivity contribution is 5.66. The molecule has 1 saturated heterocycles. The van der Waals surface area contributed by atoms with Crippen LogP contribution in [0.4, 0.5) is 8.78 Å². The number of nitrogens with zero attached hydrogens (tertiary/aromatic N) is 1. The largest absolute Gasteiger partial charge is 0.481 e. The van der Waals surface area contributed by atoms with Gasteiger partial charge in [0.1, 0.15) is 0 Å². The molecule has 0 aromatic rings. The van der Waals surface area contributed by atoms with E-state index in [-0.39, 0.29) is 6.42 Å². The van der Waals surface area contributed by atoms with Crippen molar-refractivity contribution in [2.75, 3.05) is 19.6 Å². The highest BCUT2D eigenvalue weighted by Gasteiger charge is 2.26. The van der Waals surface area contributed by atoms with E-state index < -0.39 is 18.3 Å². The second kappa shape index (κ2) is 5.24. The minimum Gasteiger partial charge on any atom is -0.481 e. The minimum atomic E-state index is -2.28. The van der Waals surface area contributed by atoms with Gasteiger partial charge >= 0.3 is 5.97 Å². The molecule has 1 aliphatic rings. The van der Waals surface area contributed by atoms with Gasteiger partial charge in [0.25, 0.3) is 0 Å². The second-order valence-corrected chi connectivity index (χ2v) is 3.68. The molecule has 1 fully saturated rings. The minimum absolute atomic E-state index is 0.0377. The maximum atomic E-state index is 12.3. The molecule has 5 heteroatoms. The quantitative estimate of drug-likeness (QED) is 0.758. The molecule has 1 atom stereocenters. The van der Waals surface area contributed by atoms with Gasteiger partial charge in [-0.2, -0.15) is 0 Å². The summed E-state index contributed by atoms with van der Waals surface area (Å²) in [6.07, 6.45) is -0.936. The third-order valence-corrected chi connectivity index (χ3v) is 2.54. The Hall–Kier alpha value is -0.710. The topological polar surface area (TPSA) is 40.5 Å². The molecule has 1 rings (SSSR count). The molecule has 0 radical (unpaired) electrons. The predicted molar refractivity (Wildman–Crippen MR) is 47.4 cm³/mol. The van der Waals surface area contributed by atoms with Gasteiger partial charge in [0.15, 0.2) is 0 Å². The first-order valence-corrected chi connectivity index (χ1v) is 4.82. The Morgan fingerprint density at radius 2 is 2.29 bits per heavy atom. The number of hydrogen-bond donors (Lipinski definition) is 1. The Labute approximate surface area is 81.7 Å². The van der Waals surface area contributed by atoms with Crippen molar-refractivity contribution in [3.63, 3.8) is 0 Å². The van der Waals surface area contributed by atoms with Crippen LogP contribution in [-0.4, -0.2) is 42.0 Å². The number of carboxylic acids is 1. The van der Waals surface area contributed by atoms with Gasteiger partial charge in [-0.3, -0.25) is 4.79 Å². The van der Waals surface area contributed by atoms with E-state index in [1.54, 1.807) is 0 Å². The lowest BCUT2D eigenvalue weighted by Gasteiger charge is -2.31. The Balaban J connectivity index is 2.29. The third-order valence-electron chi connectivity index (χ3n) is 2.54. The Bertz CT molecular complexity index is 199. The van der Waals surface area contributed by atoms with Crippen molar-refractivity contribution < 1.29 is 18.7 Å². The number of rotatable bonds is 4. The van der Waals surface area contributed by atoms with Crippen LogP contribution in [0.5, 0.6) is 0 Å². The lowest BCUT2D eigenvalue weighted by Crippen LogP contribution is -2.39. The molecule has 0 aliphatic carbocycles. The molecular formula is C9H15F2NO2. The van der Waals surface area contributed by atoms with Crippen molar-refractivity contribution in [3.05, 3.63) is 0 Å². The first kappa shape index (κ1) is 11.4. The molecule has 1 heterocycles. The lowest BCUT2D eigenvalue weighted by atomic mass is 9.98. The highest BCUT2D eigenvalue weighted by atomic mass is 19.3. The van der Waals surface area contributed by atoms with Crippen molar-refractivity contribution in [3.8, 4) is 0 Å². The molecular weight excluding hydrogens is 192 g/mol. The van der Waals surface area contributed by atoms with Gasteiger partial charge in [-0.1, -0.05) is 0 Å². The third kappa shape index (κ3) is 3.57. The van der Waals surface area contributed by atoms with E-state index in [2.05, 4.69) is 0 Å². The summed E-state index contributed by atoms with van der Waals surface area (Å²) in [5.74, 6) is -1.44. The van der Waals surface area contributed by atoms with Crippen LogP contribution < -0.4 is 0 Å². The van der Waals surface area contributed by atoms with Crippen LogP contribution in [0.25, 0.3) is 0 Å². The number of alkyl halides is 2. The summed E-state index contributed by atoms with van der Waals surface area (Å²) in [5, 5.41) is 8.44. The van der Waals surface area contributed by atoms with Gasteiger partial charge in [0.2, 0.25) is 6.43 Å². The fourth-order valence-electron chi connectivity index (χ4n) is 1.75. The summed E-state index contributed by atoms with van der Waals surface area (Å²) in [6, 6.07) is 0. The Morgan fingerprint density at radius 3 is 2.86 bits per heavy atom. The number of carboxylic acid groups (broad SMARTS) is 1. The van der Waals surface area contributed by atoms with Gasteiger partial charge < -0.3 is 10.0 Å². The zero-order chi connectivity index (χ0) is 10.6. The fourth-order valence-corrected chi connectivity index (χ4v) is 1.75. The maximum absolute atomic E-state index is 12.3. The van der Waals surface area contributed by atoms with Crippen molar-refractivity contribution in [2.45, 2.75) is 25.7 Å². The Kier molecular flexibility index (Phi) is 4.25. The molecule has 1 N–H and O–H groups in total. The standard InChI is InChI=1S/C9H15F2NO2/c10-9(11)7-2-1-4-12(6-7)5-3-8(13)14/h7,9H,1-6H2,(H,13,14)/t7-/m1/s1. The molecule has 0 unspecified atom stereocenters. The number of likely N-dealkylation sites (tertiary alicyclic amines) is 1. The van der Waals surface area contributed by atoms with Crippen molar-refractivity contribution in [1.29, 1.82) is 0 Å². The smallest absolute Gasteiger partial charge is 0.304 e. The van der Waals surface area contributed by atoms with Crippen LogP contribution in [0.2, 0.25) is 0 Å². The van der Waals surface area contributed by atoms with Crippen molar-refractivity contribution in [2.24, 2.45) is 5.92 Å². The number of piperidine rings is 1. The number of aliphatic carboxylic acids is 1. The predicted octanol–water partition coefficient (Wildman–Crippen LogP) is 1.44. The van der Waals surface area contributed by atoms with E-state index in [9.17, 15) is 13.6 Å². The molecule has 0 saturated carbocycles. The highest BCUT2D eigenvalue weighted by Crippen LogP contribution is 2.22. The van der Waals surface area contributed by atoms with Crippen LogP contribution in [0.3, 0.4) is 0 Å². The lowest BCUT2D eigenvalue weighted by molar-refractivity contribution is -0.137. The number of halogens is 2. The molecule has 0 aromatic heterocycles. The molecule has 0 bridgehead atoms. The van der Waals surface area contributed by atoms with Gasteiger partial charge in [-0.25, -0.2) is 8.78 Å². The summed E-state index contributed by atoms with van der Waals surface area (Å²) in [7, 11) is 0. The first-order valence-electron chi connectivity index (χ1n) is 4.82. The SMILES string of the molecule is O=C(O)CCN1CCC[C@@H](C(F)F)C1. The Morgan fingerprint density at radius 1 is 1.57 bits per heavy atom. The first-order chi connectivity index (χ1) is 6.59. The normalized spacial score (nSPS) is 24.1. The van der Waals surface area contributed by atoms with Crippen molar-refractivity contribution >= 4 is 5.97 Å². The summed E-state index contributed by atoms with van der Waals surface area (Å²) >= 11 is 0. The fraction of sp³-hybridized carbons (Fsp3) is 0.889. The number of carbonyl (C=O) groups is 1. The molecule has 0 amide bonds. The van der Waals surface area contributed by atoms with Crippen LogP contribution >= 0.6 is 0 Å². The average Bonchev–Trinajstić information content (AvgIpc) is 2.15. The summed E-state index contributed by atoms with van der Waals surface area (Å²) in [4.78, 5) is 12.1. The van der Waals surface area contributed by atoms with E-state index >= 15 is 0 Å². The maximum Gasteiger partial charge on any atom is 0.304 e. The average molecular weight is 207 g/mol. The van der Waals surface area contributed by atoms with Gasteiger partial charge in [0.05, 0.1) is 6.42 Å². The zero-order valence-corrected chi connectivity index (χ0v) is 7.96. The van der Waals surface area contributed by atoms with Crippen LogP contribution in [-0.2, 0) is 4.79 Å². The zero-order valence-electron chi connectivity index (χ0n) is 7.96. The van der Waals surface area contributed by atoms with Crippen LogP contribution in [0.1, 0.15) is 19.3 Å². The summed E-state index contributed by atoms with van der Waals surface area (Å²) < 4.78 is 24.7. The summed E-state index contributed by atoms with van der Waals surface area (Å²) in [6.45, 7) is 1.47. The summed E-state index contributed by atoms with van der Waals surface area (Å²) in [5.41, 5.74) is 0. The number of hydrogen-bond acceptors (Lipinski definition) is 2. The van der Waals surface area contributed by atoms with E-state index in [0.717, 1.165) is 13.0 Å². The van der Waals surface area contributed by atoms with E-state index in [4.69, 9.17) is 5.11 Å². The van der Waals surface area contributed by atoms with E-state index in [0.29, 0.717) is 19.5 Å². The molecule has 14 heavy (non-hydrogen) atoms. The van der Waals surface area contributed by atoms with Crippen molar-refractivity contribution in [1.82, 2.24) is 4.90 Å². The molecule has 82 valence electrons. The molecule has 0 aromatic carbocycles. The van der Waals surface area contributed by atoms with Gasteiger partial charge in [-0.05, 0) is 19.4 Å². The van der Waals surface area contributed by atoms with Gasteiger partial charge in [-0.15, -0.1) is 0 Å². The van der Waals surface area contributed by atoms with E-state index in [1.165, 1.54) is 0 Å². The van der Waals surface area contributed by atoms with Gasteiger partial charge in [0, 0.05) is 19.0 Å². The molecule has 1 aliphatic heterocycles.